The molecule has 2 aromatic carbocycles. The summed E-state index contributed by atoms with van der Waals surface area (Å²) in [5.74, 6) is -0.749. The van der Waals surface area contributed by atoms with Crippen molar-refractivity contribution in [2.75, 3.05) is 5.32 Å². The molecule has 11 heteroatoms. The van der Waals surface area contributed by atoms with Gasteiger partial charge in [0.05, 0.1) is 29.9 Å². The third-order valence-corrected chi connectivity index (χ3v) is 5.64. The summed E-state index contributed by atoms with van der Waals surface area (Å²) < 4.78 is 16.4. The first-order valence-corrected chi connectivity index (χ1v) is 10.6. The molecule has 2 heterocycles. The minimum atomic E-state index is -0.442. The highest BCUT2D eigenvalue weighted by Crippen LogP contribution is 2.23. The van der Waals surface area contributed by atoms with Crippen LogP contribution in [0.3, 0.4) is 0 Å². The maximum Gasteiger partial charge on any atom is 0.312 e. The minimum absolute atomic E-state index is 0.00663. The maximum absolute atomic E-state index is 13.2. The number of amides is 1. The summed E-state index contributed by atoms with van der Waals surface area (Å²) in [5, 5.41) is 22.8. The van der Waals surface area contributed by atoms with E-state index in [2.05, 4.69) is 15.5 Å². The molecule has 34 heavy (non-hydrogen) atoms. The second-order valence-electron chi connectivity index (χ2n) is 7.75. The van der Waals surface area contributed by atoms with Crippen LogP contribution in [0.25, 0.3) is 0 Å². The van der Waals surface area contributed by atoms with E-state index in [-0.39, 0.29) is 18.1 Å². The lowest BCUT2D eigenvalue weighted by molar-refractivity contribution is -0.386. The monoisotopic (exact) mass is 482 g/mol. The van der Waals surface area contributed by atoms with E-state index in [1.165, 1.54) is 18.3 Å². The van der Waals surface area contributed by atoms with E-state index in [1.54, 1.807) is 53.7 Å². The Kier molecular flexibility index (Phi) is 6.42. The van der Waals surface area contributed by atoms with Gasteiger partial charge >= 0.3 is 5.69 Å². The van der Waals surface area contributed by atoms with Gasteiger partial charge in [0, 0.05) is 16.8 Å². The summed E-state index contributed by atoms with van der Waals surface area (Å²) in [7, 11) is 0. The number of carbonyl (C=O) groups excluding carboxylic acids is 1. The van der Waals surface area contributed by atoms with Crippen molar-refractivity contribution in [3.8, 4) is 0 Å². The fraction of sp³-hybridized carbons (Fsp3) is 0.174. The average Bonchev–Trinajstić information content (AvgIpc) is 3.33. The van der Waals surface area contributed by atoms with Crippen molar-refractivity contribution in [2.24, 2.45) is 0 Å². The van der Waals surface area contributed by atoms with Crippen LogP contribution in [-0.4, -0.2) is 30.4 Å². The highest BCUT2D eigenvalue weighted by molar-refractivity contribution is 6.31. The number of nitrogens with zero attached hydrogens (tertiary/aromatic N) is 5. The normalized spacial score (nSPS) is 10.9. The van der Waals surface area contributed by atoms with Gasteiger partial charge in [-0.15, -0.1) is 0 Å². The summed E-state index contributed by atoms with van der Waals surface area (Å²) in [4.78, 5) is 23.6. The van der Waals surface area contributed by atoms with Crippen LogP contribution >= 0.6 is 11.6 Å². The van der Waals surface area contributed by atoms with E-state index < -0.39 is 10.7 Å². The maximum atomic E-state index is 13.2. The Bertz CT molecular complexity index is 1400. The van der Waals surface area contributed by atoms with Gasteiger partial charge in [-0.2, -0.15) is 10.2 Å². The molecule has 0 saturated heterocycles. The van der Waals surface area contributed by atoms with Gasteiger partial charge < -0.3 is 5.32 Å². The zero-order chi connectivity index (χ0) is 24.4. The quantitative estimate of drug-likeness (QED) is 0.302. The third kappa shape index (κ3) is 4.96. The van der Waals surface area contributed by atoms with E-state index in [4.69, 9.17) is 11.6 Å². The fourth-order valence-electron chi connectivity index (χ4n) is 3.63. The number of carbonyl (C=O) groups is 1. The fourth-order valence-corrected chi connectivity index (χ4v) is 3.86. The van der Waals surface area contributed by atoms with Gasteiger partial charge in [0.2, 0.25) is 0 Å². The minimum Gasteiger partial charge on any atom is -0.319 e. The highest BCUT2D eigenvalue weighted by Gasteiger charge is 2.21. The summed E-state index contributed by atoms with van der Waals surface area (Å²) >= 11 is 6.07. The first-order valence-electron chi connectivity index (χ1n) is 10.3. The first kappa shape index (κ1) is 23.1. The van der Waals surface area contributed by atoms with Crippen molar-refractivity contribution in [3.63, 3.8) is 0 Å². The molecule has 1 amide bonds. The Labute approximate surface area is 198 Å². The lowest BCUT2D eigenvalue weighted by Crippen LogP contribution is -2.12. The number of rotatable bonds is 7. The predicted molar refractivity (Wildman–Crippen MR) is 125 cm³/mol. The lowest BCUT2D eigenvalue weighted by Gasteiger charge is -2.07. The van der Waals surface area contributed by atoms with E-state index in [0.29, 0.717) is 39.8 Å². The molecule has 0 aliphatic carbocycles. The molecule has 4 rings (SSSR count). The van der Waals surface area contributed by atoms with Crippen LogP contribution in [0.2, 0.25) is 5.02 Å². The number of benzene rings is 2. The van der Waals surface area contributed by atoms with Crippen LogP contribution < -0.4 is 5.32 Å². The van der Waals surface area contributed by atoms with Crippen LogP contribution in [0.5, 0.6) is 0 Å². The van der Waals surface area contributed by atoms with Gasteiger partial charge in [-0.3, -0.25) is 24.3 Å². The Hall–Kier alpha value is -4.05. The Morgan fingerprint density at radius 2 is 2.00 bits per heavy atom. The van der Waals surface area contributed by atoms with Gasteiger partial charge in [0.25, 0.3) is 5.91 Å². The number of anilines is 1. The summed E-state index contributed by atoms with van der Waals surface area (Å²) in [6.45, 7) is 3.85. The molecule has 0 bridgehead atoms. The van der Waals surface area contributed by atoms with E-state index >= 15 is 0 Å². The molecule has 174 valence electrons. The van der Waals surface area contributed by atoms with Gasteiger partial charge in [-0.25, -0.2) is 4.39 Å². The molecule has 0 saturated carbocycles. The smallest absolute Gasteiger partial charge is 0.312 e. The number of aryl methyl sites for hydroxylation is 1. The largest absolute Gasteiger partial charge is 0.319 e. The Morgan fingerprint density at radius 3 is 2.71 bits per heavy atom. The first-order chi connectivity index (χ1) is 16.2. The van der Waals surface area contributed by atoms with Crippen LogP contribution in [0.1, 0.15) is 32.9 Å². The molecule has 0 fully saturated rings. The molecule has 4 aromatic rings. The van der Waals surface area contributed by atoms with Crippen LogP contribution in [0, 0.1) is 29.8 Å². The molecule has 2 aromatic heterocycles. The predicted octanol–water partition coefficient (Wildman–Crippen LogP) is 4.75. The zero-order valence-electron chi connectivity index (χ0n) is 18.3. The Morgan fingerprint density at radius 1 is 1.21 bits per heavy atom. The Balaban J connectivity index is 1.45. The number of nitrogens with one attached hydrogen (secondary N) is 1. The van der Waals surface area contributed by atoms with E-state index in [0.717, 1.165) is 5.56 Å². The van der Waals surface area contributed by atoms with Gasteiger partial charge in [-0.05, 0) is 49.2 Å². The van der Waals surface area contributed by atoms with Crippen molar-refractivity contribution < 1.29 is 14.1 Å². The van der Waals surface area contributed by atoms with Gasteiger partial charge in [-0.1, -0.05) is 29.8 Å². The van der Waals surface area contributed by atoms with Crippen LogP contribution in [0.4, 0.5) is 15.8 Å². The number of halogens is 2. The van der Waals surface area contributed by atoms with Crippen molar-refractivity contribution >= 4 is 28.9 Å². The highest BCUT2D eigenvalue weighted by atomic mass is 35.5. The lowest BCUT2D eigenvalue weighted by atomic mass is 10.1. The molecule has 0 atom stereocenters. The number of aromatic nitrogens is 4. The second kappa shape index (κ2) is 9.44. The third-order valence-electron chi connectivity index (χ3n) is 5.29. The molecule has 0 unspecified atom stereocenters. The van der Waals surface area contributed by atoms with Crippen molar-refractivity contribution in [1.29, 1.82) is 0 Å². The average molecular weight is 483 g/mol. The molecular weight excluding hydrogens is 463 g/mol. The van der Waals surface area contributed by atoms with E-state index in [9.17, 15) is 19.3 Å². The summed E-state index contributed by atoms with van der Waals surface area (Å²) in [5.41, 5.74) is 3.16. The SMILES string of the molecule is Cc1nn(Cc2cccc(C(=O)Nc3cnn(Cc4ccc(F)cc4Cl)c3)c2)c(C)c1[N+](=O)[O-]. The number of hydrogen-bond acceptors (Lipinski definition) is 5. The molecule has 0 spiro atoms. The zero-order valence-corrected chi connectivity index (χ0v) is 19.1. The van der Waals surface area contributed by atoms with Crippen LogP contribution in [-0.2, 0) is 13.1 Å². The molecule has 0 aliphatic rings. The van der Waals surface area contributed by atoms with Crippen molar-refractivity contribution in [2.45, 2.75) is 26.9 Å². The summed E-state index contributed by atoms with van der Waals surface area (Å²) in [6.07, 6.45) is 3.16. The summed E-state index contributed by atoms with van der Waals surface area (Å²) in [6, 6.07) is 11.1. The second-order valence-corrected chi connectivity index (χ2v) is 8.16. The number of nitro groups is 1. The molecule has 0 radical (unpaired) electrons. The van der Waals surface area contributed by atoms with Crippen LogP contribution in [0.15, 0.2) is 54.9 Å². The molecule has 9 nitrogen and oxygen atoms in total. The molecule has 1 N–H and O–H groups in total. The molecule has 0 aliphatic heterocycles. The topological polar surface area (TPSA) is 108 Å². The number of hydrogen-bond donors (Lipinski definition) is 1. The van der Waals surface area contributed by atoms with Crippen molar-refractivity contribution in [1.82, 2.24) is 19.6 Å². The molecular formula is C23H20ClFN6O3. The van der Waals surface area contributed by atoms with Crippen molar-refractivity contribution in [3.05, 3.63) is 104 Å². The van der Waals surface area contributed by atoms with Gasteiger partial charge in [0.1, 0.15) is 17.2 Å². The van der Waals surface area contributed by atoms with Gasteiger partial charge in [0.15, 0.2) is 0 Å². The van der Waals surface area contributed by atoms with E-state index in [1.807, 2.05) is 6.07 Å². The standard InChI is InChI=1S/C23H20ClFN6O3/c1-14-22(31(33)34)15(2)30(28-14)11-16-4-3-5-17(8-16)23(32)27-20-10-26-29(13-20)12-18-6-7-19(25)9-21(18)24/h3-10,13H,11-12H2,1-2H3,(H,27,32).